The highest BCUT2D eigenvalue weighted by molar-refractivity contribution is 8.00. The molecule has 0 radical (unpaired) electrons. The van der Waals surface area contributed by atoms with Gasteiger partial charge in [0.15, 0.2) is 16.7 Å². The number of ether oxygens (including phenoxy) is 2. The summed E-state index contributed by atoms with van der Waals surface area (Å²) in [6.45, 7) is 5.20. The fourth-order valence-electron chi connectivity index (χ4n) is 3.48. The van der Waals surface area contributed by atoms with Crippen molar-refractivity contribution in [3.05, 3.63) is 42.0 Å². The van der Waals surface area contributed by atoms with Crippen LogP contribution in [-0.2, 0) is 27.9 Å². The van der Waals surface area contributed by atoms with Crippen molar-refractivity contribution in [1.29, 1.82) is 0 Å². The Morgan fingerprint density at radius 2 is 2.03 bits per heavy atom. The molecular formula is C22H26N4O5S2. The van der Waals surface area contributed by atoms with Gasteiger partial charge in [-0.1, -0.05) is 31.2 Å². The van der Waals surface area contributed by atoms with E-state index >= 15 is 0 Å². The van der Waals surface area contributed by atoms with Crippen molar-refractivity contribution in [3.63, 3.8) is 0 Å². The molecule has 0 aliphatic carbocycles. The van der Waals surface area contributed by atoms with Crippen molar-refractivity contribution >= 4 is 38.7 Å². The lowest BCUT2D eigenvalue weighted by molar-refractivity contribution is -0.120. The van der Waals surface area contributed by atoms with E-state index in [0.717, 1.165) is 30.5 Å². The van der Waals surface area contributed by atoms with Crippen LogP contribution in [0.3, 0.4) is 0 Å². The molecule has 2 heterocycles. The number of hydrogen-bond acceptors (Lipinski definition) is 7. The lowest BCUT2D eigenvalue weighted by Gasteiger charge is -2.13. The van der Waals surface area contributed by atoms with Crippen LogP contribution in [0.1, 0.15) is 32.3 Å². The van der Waals surface area contributed by atoms with Crippen molar-refractivity contribution in [2.75, 3.05) is 6.79 Å². The molecule has 1 atom stereocenters. The number of fused-ring (bicyclic) bond motifs is 2. The smallest absolute Gasteiger partial charge is 0.238 e. The molecule has 1 aliphatic rings. The summed E-state index contributed by atoms with van der Waals surface area (Å²) in [5.74, 6) is 1.25. The van der Waals surface area contributed by atoms with E-state index in [1.807, 2.05) is 29.7 Å². The number of nitrogens with one attached hydrogen (secondary N) is 1. The van der Waals surface area contributed by atoms with E-state index in [0.29, 0.717) is 28.7 Å². The van der Waals surface area contributed by atoms with Crippen molar-refractivity contribution in [2.24, 2.45) is 5.14 Å². The zero-order valence-electron chi connectivity index (χ0n) is 18.4. The van der Waals surface area contributed by atoms with Crippen molar-refractivity contribution in [2.45, 2.75) is 55.1 Å². The fraction of sp³-hybridized carbons (Fsp3) is 0.364. The average Bonchev–Trinajstić information content (AvgIpc) is 3.38. The average molecular weight is 491 g/mol. The molecule has 0 saturated carbocycles. The van der Waals surface area contributed by atoms with Crippen LogP contribution in [0.5, 0.6) is 11.5 Å². The van der Waals surface area contributed by atoms with Gasteiger partial charge < -0.3 is 19.4 Å². The van der Waals surface area contributed by atoms with Gasteiger partial charge in [0.1, 0.15) is 0 Å². The lowest BCUT2D eigenvalue weighted by Crippen LogP contribution is -2.30. The van der Waals surface area contributed by atoms with E-state index in [4.69, 9.17) is 14.6 Å². The van der Waals surface area contributed by atoms with Crippen molar-refractivity contribution in [3.8, 4) is 11.5 Å². The standard InChI is InChI=1S/C22H26N4O5S2/c1-3-4-9-26-18-7-6-16(33(23,28)29)11-17(18)25-22(26)32-14(2)21(27)24-12-15-5-8-19-20(10-15)31-13-30-19/h5-8,10-11,14H,3-4,9,12-13H2,1-2H3,(H,24,27)(H2,23,28,29)/t14-/m0/s1. The number of benzene rings is 2. The molecule has 1 amide bonds. The van der Waals surface area contributed by atoms with E-state index in [-0.39, 0.29) is 17.6 Å². The Morgan fingerprint density at radius 3 is 2.79 bits per heavy atom. The van der Waals surface area contributed by atoms with Crippen molar-refractivity contribution < 1.29 is 22.7 Å². The Kier molecular flexibility index (Phi) is 6.82. The van der Waals surface area contributed by atoms with Crippen LogP contribution in [0.4, 0.5) is 0 Å². The molecule has 3 N–H and O–H groups in total. The number of nitrogens with two attached hydrogens (primary N) is 1. The van der Waals surface area contributed by atoms with Gasteiger partial charge in [-0.3, -0.25) is 4.79 Å². The quantitative estimate of drug-likeness (QED) is 0.442. The van der Waals surface area contributed by atoms with E-state index in [2.05, 4.69) is 17.2 Å². The predicted molar refractivity (Wildman–Crippen MR) is 126 cm³/mol. The molecule has 4 rings (SSSR count). The second-order valence-corrected chi connectivity index (χ2v) is 10.6. The number of carbonyl (C=O) groups excluding carboxylic acids is 1. The topological polar surface area (TPSA) is 126 Å². The fourth-order valence-corrected chi connectivity index (χ4v) is 4.99. The number of sulfonamides is 1. The van der Waals surface area contributed by atoms with Crippen LogP contribution < -0.4 is 19.9 Å². The Labute approximate surface area is 196 Å². The molecule has 176 valence electrons. The Bertz CT molecular complexity index is 1290. The SMILES string of the molecule is CCCCn1c(S[C@@H](C)C(=O)NCc2ccc3c(c2)OCO3)nc2cc(S(N)(=O)=O)ccc21. The van der Waals surface area contributed by atoms with Gasteiger partial charge in [0.25, 0.3) is 0 Å². The highest BCUT2D eigenvalue weighted by atomic mass is 32.2. The van der Waals surface area contributed by atoms with Gasteiger partial charge in [-0.2, -0.15) is 0 Å². The third kappa shape index (κ3) is 5.26. The summed E-state index contributed by atoms with van der Waals surface area (Å²) < 4.78 is 36.2. The van der Waals surface area contributed by atoms with Crippen LogP contribution >= 0.6 is 11.8 Å². The Balaban J connectivity index is 1.49. The number of unbranched alkanes of at least 4 members (excludes halogenated alkanes) is 1. The largest absolute Gasteiger partial charge is 0.454 e. The number of hydrogen-bond donors (Lipinski definition) is 2. The molecule has 3 aromatic rings. The first-order valence-corrected chi connectivity index (χ1v) is 13.0. The predicted octanol–water partition coefficient (Wildman–Crippen LogP) is 3.01. The number of amides is 1. The summed E-state index contributed by atoms with van der Waals surface area (Å²) in [5.41, 5.74) is 2.26. The van der Waals surface area contributed by atoms with E-state index in [9.17, 15) is 13.2 Å². The first kappa shape index (κ1) is 23.4. The maximum absolute atomic E-state index is 12.8. The zero-order valence-corrected chi connectivity index (χ0v) is 20.0. The molecule has 9 nitrogen and oxygen atoms in total. The van der Waals surface area contributed by atoms with Gasteiger partial charge in [-0.05, 0) is 49.2 Å². The molecular weight excluding hydrogens is 464 g/mol. The van der Waals surface area contributed by atoms with Crippen LogP contribution in [0, 0.1) is 0 Å². The van der Waals surface area contributed by atoms with Gasteiger partial charge >= 0.3 is 0 Å². The third-order valence-electron chi connectivity index (χ3n) is 5.30. The van der Waals surface area contributed by atoms with Crippen LogP contribution in [-0.4, -0.2) is 35.9 Å². The normalized spacial score (nSPS) is 13.9. The van der Waals surface area contributed by atoms with Crippen LogP contribution in [0.2, 0.25) is 0 Å². The number of aryl methyl sites for hydroxylation is 1. The number of carbonyl (C=O) groups is 1. The molecule has 0 fully saturated rings. The second kappa shape index (κ2) is 9.62. The highest BCUT2D eigenvalue weighted by Crippen LogP contribution is 2.33. The number of imidazole rings is 1. The molecule has 0 spiro atoms. The molecule has 11 heteroatoms. The monoisotopic (exact) mass is 490 g/mol. The van der Waals surface area contributed by atoms with Crippen LogP contribution in [0.25, 0.3) is 11.0 Å². The Morgan fingerprint density at radius 1 is 1.24 bits per heavy atom. The maximum atomic E-state index is 12.8. The van der Waals surface area contributed by atoms with Gasteiger partial charge in [-0.15, -0.1) is 0 Å². The highest BCUT2D eigenvalue weighted by Gasteiger charge is 2.21. The van der Waals surface area contributed by atoms with Gasteiger partial charge in [0, 0.05) is 13.1 Å². The number of aromatic nitrogens is 2. The number of nitrogens with zero attached hydrogens (tertiary/aromatic N) is 2. The summed E-state index contributed by atoms with van der Waals surface area (Å²) in [4.78, 5) is 17.4. The first-order valence-electron chi connectivity index (χ1n) is 10.6. The van der Waals surface area contributed by atoms with Gasteiger partial charge in [0.2, 0.25) is 22.7 Å². The zero-order chi connectivity index (χ0) is 23.6. The summed E-state index contributed by atoms with van der Waals surface area (Å²) >= 11 is 1.34. The summed E-state index contributed by atoms with van der Waals surface area (Å²) in [5, 5.41) is 8.47. The van der Waals surface area contributed by atoms with E-state index in [1.165, 1.54) is 23.9 Å². The second-order valence-electron chi connectivity index (χ2n) is 7.76. The molecule has 2 aromatic carbocycles. The molecule has 1 aliphatic heterocycles. The summed E-state index contributed by atoms with van der Waals surface area (Å²) in [6, 6.07) is 10.2. The maximum Gasteiger partial charge on any atom is 0.238 e. The molecule has 1 aromatic heterocycles. The number of primary sulfonamides is 1. The van der Waals surface area contributed by atoms with E-state index in [1.54, 1.807) is 6.07 Å². The molecule has 33 heavy (non-hydrogen) atoms. The Hall–Kier alpha value is -2.76. The minimum atomic E-state index is -3.83. The number of thioether (sulfide) groups is 1. The van der Waals surface area contributed by atoms with Gasteiger partial charge in [-0.25, -0.2) is 18.5 Å². The molecule has 0 saturated heterocycles. The number of rotatable bonds is 9. The third-order valence-corrected chi connectivity index (χ3v) is 7.30. The van der Waals surface area contributed by atoms with E-state index < -0.39 is 15.3 Å². The molecule has 0 unspecified atom stereocenters. The van der Waals surface area contributed by atoms with Crippen LogP contribution in [0.15, 0.2) is 46.5 Å². The minimum Gasteiger partial charge on any atom is -0.454 e. The summed E-state index contributed by atoms with van der Waals surface area (Å²) in [7, 11) is -3.83. The lowest BCUT2D eigenvalue weighted by atomic mass is 10.2. The van der Waals surface area contributed by atoms with Crippen molar-refractivity contribution in [1.82, 2.24) is 14.9 Å². The summed E-state index contributed by atoms with van der Waals surface area (Å²) in [6.07, 6.45) is 1.92. The minimum absolute atomic E-state index is 0.0150. The van der Waals surface area contributed by atoms with Gasteiger partial charge in [0.05, 0.1) is 21.2 Å². The first-order chi connectivity index (χ1) is 15.8. The molecule has 0 bridgehead atoms.